The van der Waals surface area contributed by atoms with Crippen molar-refractivity contribution in [2.24, 2.45) is 0 Å². The van der Waals surface area contributed by atoms with E-state index in [2.05, 4.69) is 10.6 Å². The van der Waals surface area contributed by atoms with Crippen molar-refractivity contribution < 1.29 is 14.4 Å². The Balaban J connectivity index is 0.00000225. The van der Waals surface area contributed by atoms with Gasteiger partial charge in [0.1, 0.15) is 5.54 Å². The molecule has 2 heterocycles. The van der Waals surface area contributed by atoms with Gasteiger partial charge in [-0.2, -0.15) is 0 Å². The second-order valence-electron chi connectivity index (χ2n) is 7.02. The maximum atomic E-state index is 13.0. The van der Waals surface area contributed by atoms with Gasteiger partial charge >= 0.3 is 6.03 Å². The molecule has 1 saturated heterocycles. The zero-order valence-electron chi connectivity index (χ0n) is 15.3. The molecule has 4 N–H and O–H groups in total. The Morgan fingerprint density at radius 3 is 2.50 bits per heavy atom. The van der Waals surface area contributed by atoms with E-state index in [-0.39, 0.29) is 18.3 Å². The SMILES string of the molecule is CC1(c2ccc(C(=O)N3CCCc4c(N)cccc43)cc2)NC(=O)NC1=O.Cl. The molecule has 1 atom stereocenters. The Morgan fingerprint density at radius 1 is 1.14 bits per heavy atom. The molecule has 1 fully saturated rings. The molecule has 0 saturated carbocycles. The van der Waals surface area contributed by atoms with E-state index in [4.69, 9.17) is 5.73 Å². The minimum absolute atomic E-state index is 0. The number of fused-ring (bicyclic) bond motifs is 1. The molecule has 8 heteroatoms. The third-order valence-electron chi connectivity index (χ3n) is 5.29. The number of rotatable bonds is 2. The van der Waals surface area contributed by atoms with Crippen molar-refractivity contribution in [1.29, 1.82) is 0 Å². The van der Waals surface area contributed by atoms with Crippen LogP contribution in [0.1, 0.15) is 34.8 Å². The first kappa shape index (κ1) is 19.7. The van der Waals surface area contributed by atoms with Crippen LogP contribution < -0.4 is 21.3 Å². The van der Waals surface area contributed by atoms with Crippen LogP contribution in [0.4, 0.5) is 16.2 Å². The summed E-state index contributed by atoms with van der Waals surface area (Å²) >= 11 is 0. The van der Waals surface area contributed by atoms with Gasteiger partial charge in [0.2, 0.25) is 0 Å². The van der Waals surface area contributed by atoms with E-state index in [1.54, 1.807) is 36.1 Å². The molecule has 2 aromatic carbocycles. The van der Waals surface area contributed by atoms with Crippen LogP contribution >= 0.6 is 12.4 Å². The number of nitrogens with one attached hydrogen (secondary N) is 2. The van der Waals surface area contributed by atoms with Crippen LogP contribution in [-0.2, 0) is 16.8 Å². The highest BCUT2D eigenvalue weighted by Gasteiger charge is 2.43. The molecule has 1 unspecified atom stereocenters. The van der Waals surface area contributed by atoms with Gasteiger partial charge in [0.15, 0.2) is 0 Å². The van der Waals surface area contributed by atoms with Crippen LogP contribution in [0.3, 0.4) is 0 Å². The summed E-state index contributed by atoms with van der Waals surface area (Å²) in [6.45, 7) is 2.26. The lowest BCUT2D eigenvalue weighted by molar-refractivity contribution is -0.123. The van der Waals surface area contributed by atoms with Crippen molar-refractivity contribution >= 4 is 41.6 Å². The third kappa shape index (κ3) is 3.07. The number of nitrogens with two attached hydrogens (primary N) is 1. The first-order valence-corrected chi connectivity index (χ1v) is 8.83. The maximum Gasteiger partial charge on any atom is 0.322 e. The van der Waals surface area contributed by atoms with Gasteiger partial charge in [0, 0.05) is 23.5 Å². The molecule has 28 heavy (non-hydrogen) atoms. The Kier molecular flexibility index (Phi) is 5.04. The fourth-order valence-electron chi connectivity index (χ4n) is 3.71. The number of nitrogens with zero attached hydrogens (tertiary/aromatic N) is 1. The molecular weight excluding hydrogens is 380 g/mol. The van der Waals surface area contributed by atoms with Crippen LogP contribution in [0.25, 0.3) is 0 Å². The number of urea groups is 1. The third-order valence-corrected chi connectivity index (χ3v) is 5.29. The molecule has 0 aliphatic carbocycles. The summed E-state index contributed by atoms with van der Waals surface area (Å²) < 4.78 is 0. The average molecular weight is 401 g/mol. The summed E-state index contributed by atoms with van der Waals surface area (Å²) in [6.07, 6.45) is 1.72. The highest BCUT2D eigenvalue weighted by Crippen LogP contribution is 2.32. The molecule has 0 bridgehead atoms. The molecule has 4 amide bonds. The topological polar surface area (TPSA) is 105 Å². The van der Waals surface area contributed by atoms with Gasteiger partial charge in [-0.3, -0.25) is 14.9 Å². The van der Waals surface area contributed by atoms with Crippen molar-refractivity contribution in [3.05, 3.63) is 59.2 Å². The van der Waals surface area contributed by atoms with Gasteiger partial charge in [-0.15, -0.1) is 12.4 Å². The van der Waals surface area contributed by atoms with Gasteiger partial charge in [-0.1, -0.05) is 18.2 Å². The molecule has 2 aliphatic rings. The van der Waals surface area contributed by atoms with E-state index in [1.807, 2.05) is 18.2 Å². The molecule has 2 aliphatic heterocycles. The lowest BCUT2D eigenvalue weighted by Crippen LogP contribution is -2.40. The Bertz CT molecular complexity index is 960. The molecule has 7 nitrogen and oxygen atoms in total. The predicted octanol–water partition coefficient (Wildman–Crippen LogP) is 2.34. The number of benzene rings is 2. The van der Waals surface area contributed by atoms with Crippen molar-refractivity contribution in [2.45, 2.75) is 25.3 Å². The van der Waals surface area contributed by atoms with Crippen LogP contribution in [0.2, 0.25) is 0 Å². The van der Waals surface area contributed by atoms with Crippen LogP contribution in [-0.4, -0.2) is 24.4 Å². The van der Waals surface area contributed by atoms with Crippen molar-refractivity contribution in [3.63, 3.8) is 0 Å². The van der Waals surface area contributed by atoms with E-state index in [0.717, 1.165) is 24.1 Å². The highest BCUT2D eigenvalue weighted by molar-refractivity contribution is 6.08. The van der Waals surface area contributed by atoms with Gasteiger partial charge < -0.3 is 16.0 Å². The second-order valence-corrected chi connectivity index (χ2v) is 7.02. The smallest absolute Gasteiger partial charge is 0.322 e. The van der Waals surface area contributed by atoms with E-state index in [9.17, 15) is 14.4 Å². The van der Waals surface area contributed by atoms with E-state index >= 15 is 0 Å². The standard InChI is InChI=1S/C20H20N4O3.ClH/c1-20(18(26)22-19(27)23-20)13-9-7-12(8-10-13)17(25)24-11-3-4-14-15(21)5-2-6-16(14)24;/h2,5-10H,3-4,11,21H2,1H3,(H2,22,23,26,27);1H. The van der Waals surface area contributed by atoms with Gasteiger partial charge in [-0.05, 0) is 55.2 Å². The minimum Gasteiger partial charge on any atom is -0.398 e. The van der Waals surface area contributed by atoms with E-state index in [1.165, 1.54) is 0 Å². The average Bonchev–Trinajstić information content (AvgIpc) is 2.94. The van der Waals surface area contributed by atoms with Crippen molar-refractivity contribution in [2.75, 3.05) is 17.2 Å². The second kappa shape index (κ2) is 7.16. The lowest BCUT2D eigenvalue weighted by Gasteiger charge is -2.30. The fourth-order valence-corrected chi connectivity index (χ4v) is 3.71. The molecule has 146 valence electrons. The van der Waals surface area contributed by atoms with Gasteiger partial charge in [0.05, 0.1) is 0 Å². The summed E-state index contributed by atoms with van der Waals surface area (Å²) in [5.41, 5.74) is 8.62. The molecule has 0 spiro atoms. The molecule has 2 aromatic rings. The van der Waals surface area contributed by atoms with Gasteiger partial charge in [-0.25, -0.2) is 4.79 Å². The number of carbonyl (C=O) groups excluding carboxylic acids is 3. The van der Waals surface area contributed by atoms with E-state index < -0.39 is 17.5 Å². The van der Waals surface area contributed by atoms with Crippen LogP contribution in [0.5, 0.6) is 0 Å². The van der Waals surface area contributed by atoms with Crippen LogP contribution in [0, 0.1) is 0 Å². The Morgan fingerprint density at radius 2 is 1.86 bits per heavy atom. The summed E-state index contributed by atoms with van der Waals surface area (Å²) in [6, 6.07) is 11.9. The highest BCUT2D eigenvalue weighted by atomic mass is 35.5. The normalized spacial score (nSPS) is 20.7. The quantitative estimate of drug-likeness (QED) is 0.531. The summed E-state index contributed by atoms with van der Waals surface area (Å²) in [5, 5.41) is 4.85. The summed E-state index contributed by atoms with van der Waals surface area (Å²) in [7, 11) is 0. The largest absolute Gasteiger partial charge is 0.398 e. The zero-order chi connectivity index (χ0) is 19.2. The number of amides is 4. The maximum absolute atomic E-state index is 13.0. The lowest BCUT2D eigenvalue weighted by atomic mass is 9.91. The Labute approximate surface area is 168 Å². The van der Waals surface area contributed by atoms with Gasteiger partial charge in [0.25, 0.3) is 11.8 Å². The Hall–Kier alpha value is -3.06. The van der Waals surface area contributed by atoms with Crippen molar-refractivity contribution in [3.8, 4) is 0 Å². The number of anilines is 2. The number of carbonyl (C=O) groups is 3. The number of halogens is 1. The molecule has 4 rings (SSSR count). The number of imide groups is 1. The molecule has 0 aromatic heterocycles. The summed E-state index contributed by atoms with van der Waals surface area (Å²) in [5.74, 6) is -0.523. The predicted molar refractivity (Wildman–Crippen MR) is 109 cm³/mol. The summed E-state index contributed by atoms with van der Waals surface area (Å²) in [4.78, 5) is 38.3. The minimum atomic E-state index is -1.13. The zero-order valence-corrected chi connectivity index (χ0v) is 16.1. The fraction of sp³-hybridized carbons (Fsp3) is 0.250. The molecular formula is C20H21ClN4O3. The first-order chi connectivity index (χ1) is 12.9. The number of nitrogen functional groups attached to an aromatic ring is 1. The molecule has 0 radical (unpaired) electrons. The van der Waals surface area contributed by atoms with Crippen molar-refractivity contribution in [1.82, 2.24) is 10.6 Å². The number of hydrogen-bond acceptors (Lipinski definition) is 4. The van der Waals surface area contributed by atoms with Crippen LogP contribution in [0.15, 0.2) is 42.5 Å². The number of hydrogen-bond donors (Lipinski definition) is 3. The monoisotopic (exact) mass is 400 g/mol. The first-order valence-electron chi connectivity index (χ1n) is 8.83. The van der Waals surface area contributed by atoms with E-state index in [0.29, 0.717) is 23.4 Å².